The Morgan fingerprint density at radius 1 is 0.780 bits per heavy atom. The maximum atomic E-state index is 14.1. The van der Waals surface area contributed by atoms with Crippen LogP contribution in [-0.2, 0) is 23.9 Å². The monoisotopic (exact) mass is 715 g/mol. The van der Waals surface area contributed by atoms with E-state index in [0.717, 1.165) is 58.3 Å². The first-order valence-electron chi connectivity index (χ1n) is 19.3. The Balaban J connectivity index is 3.24. The van der Waals surface area contributed by atoms with E-state index in [1.807, 2.05) is 0 Å². The van der Waals surface area contributed by atoms with Gasteiger partial charge in [-0.25, -0.2) is 0 Å². The van der Waals surface area contributed by atoms with Gasteiger partial charge in [0.05, 0.1) is 25.2 Å². The highest BCUT2D eigenvalue weighted by Crippen LogP contribution is 2.38. The fourth-order valence-electron chi connectivity index (χ4n) is 6.85. The van der Waals surface area contributed by atoms with Crippen LogP contribution in [0.5, 0.6) is 0 Å². The largest absolute Gasteiger partial charge is 0.481 e. The van der Waals surface area contributed by atoms with Crippen molar-refractivity contribution in [2.24, 2.45) is 23.1 Å². The van der Waals surface area contributed by atoms with Crippen LogP contribution in [0.15, 0.2) is 0 Å². The van der Waals surface area contributed by atoms with Crippen molar-refractivity contribution in [2.45, 2.75) is 191 Å². The average Bonchev–Trinajstić information content (AvgIpc) is 3.07. The summed E-state index contributed by atoms with van der Waals surface area (Å²) in [6.07, 6.45) is 13.8. The molecule has 1 heterocycles. The minimum Gasteiger partial charge on any atom is -0.481 e. The predicted octanol–water partition coefficient (Wildman–Crippen LogP) is 3.66. The van der Waals surface area contributed by atoms with Crippen molar-refractivity contribution < 1.29 is 44.3 Å². The lowest BCUT2D eigenvalue weighted by atomic mass is 9.74. The molecule has 10 N–H and O–H groups in total. The summed E-state index contributed by atoms with van der Waals surface area (Å²) in [6, 6.07) is -1.65. The summed E-state index contributed by atoms with van der Waals surface area (Å²) < 4.78 is 5.97. The normalized spacial score (nSPS) is 24.0. The number of aliphatic hydroxyl groups excluding tert-OH is 3. The number of rotatable bonds is 29. The Hall–Kier alpha value is -2.00. The van der Waals surface area contributed by atoms with Crippen LogP contribution in [0, 0.1) is 5.92 Å². The van der Waals surface area contributed by atoms with Crippen LogP contribution in [0.25, 0.3) is 0 Å². The van der Waals surface area contributed by atoms with Gasteiger partial charge >= 0.3 is 5.97 Å². The van der Waals surface area contributed by atoms with Crippen molar-refractivity contribution in [2.75, 3.05) is 13.2 Å². The SMILES string of the molecule is CCCCCCCCCCCCN(C(=O)CCCCCCCCCCC)[C@]1(N)O[C@H](CO)[C@@H](O)[C@H](O)[C@H]1C(=O)[C@@](C)(N)C(=O)[C@@H](N)CC(=O)O. The fourth-order valence-corrected chi connectivity index (χ4v) is 6.85. The number of unbranched alkanes of at least 4 members (excludes halogenated alkanes) is 17. The molecule has 1 amide bonds. The zero-order valence-corrected chi connectivity index (χ0v) is 31.2. The third-order valence-electron chi connectivity index (χ3n) is 10.0. The molecule has 1 fully saturated rings. The highest BCUT2D eigenvalue weighted by atomic mass is 16.6. The van der Waals surface area contributed by atoms with Gasteiger partial charge in [-0.3, -0.25) is 24.9 Å². The number of hydrogen-bond acceptors (Lipinski definition) is 11. The second kappa shape index (κ2) is 24.3. The summed E-state index contributed by atoms with van der Waals surface area (Å²) >= 11 is 0. The van der Waals surface area contributed by atoms with Gasteiger partial charge < -0.3 is 41.5 Å². The maximum absolute atomic E-state index is 14.1. The minimum absolute atomic E-state index is 0.0573. The number of hydrogen-bond donors (Lipinski definition) is 7. The average molecular weight is 715 g/mol. The van der Waals surface area contributed by atoms with E-state index in [4.69, 9.17) is 27.0 Å². The predicted molar refractivity (Wildman–Crippen MR) is 193 cm³/mol. The van der Waals surface area contributed by atoms with E-state index in [1.165, 1.54) is 62.7 Å². The number of nitrogens with zero attached hydrogens (tertiary/aromatic N) is 1. The number of carboxylic acids is 1. The number of carbonyl (C=O) groups excluding carboxylic acids is 3. The van der Waals surface area contributed by atoms with Gasteiger partial charge in [0, 0.05) is 13.0 Å². The zero-order valence-electron chi connectivity index (χ0n) is 31.2. The number of aliphatic hydroxyl groups is 3. The van der Waals surface area contributed by atoms with Crippen LogP contribution >= 0.6 is 0 Å². The fraction of sp³-hybridized carbons (Fsp3) is 0.892. The van der Waals surface area contributed by atoms with E-state index in [-0.39, 0.29) is 13.0 Å². The van der Waals surface area contributed by atoms with Crippen LogP contribution in [0.1, 0.15) is 156 Å². The molecule has 13 nitrogen and oxygen atoms in total. The van der Waals surface area contributed by atoms with Gasteiger partial charge in [-0.05, 0) is 19.8 Å². The molecule has 1 rings (SSSR count). The number of Topliss-reactive ketones (excluding diaryl/α,β-unsaturated/α-hetero) is 2. The van der Waals surface area contributed by atoms with Crippen LogP contribution < -0.4 is 17.2 Å². The highest BCUT2D eigenvalue weighted by molar-refractivity contribution is 6.14. The van der Waals surface area contributed by atoms with Gasteiger partial charge in [-0.2, -0.15) is 0 Å². The molecule has 0 aromatic heterocycles. The first kappa shape index (κ1) is 46.0. The topological polar surface area (TPSA) is 240 Å². The quantitative estimate of drug-likeness (QED) is 0.0334. The maximum Gasteiger partial charge on any atom is 0.305 e. The Bertz CT molecular complexity index is 1010. The zero-order chi connectivity index (χ0) is 37.7. The summed E-state index contributed by atoms with van der Waals surface area (Å²) in [6.45, 7) is 4.68. The molecule has 0 radical (unpaired) electrons. The number of ketones is 2. The molecule has 13 heteroatoms. The smallest absolute Gasteiger partial charge is 0.305 e. The van der Waals surface area contributed by atoms with Gasteiger partial charge in [0.15, 0.2) is 11.6 Å². The molecular formula is C37H70N4O9. The summed E-state index contributed by atoms with van der Waals surface area (Å²) in [7, 11) is 0. The van der Waals surface area contributed by atoms with E-state index in [2.05, 4.69) is 13.8 Å². The third-order valence-corrected chi connectivity index (χ3v) is 10.0. The molecule has 0 saturated carbocycles. The van der Waals surface area contributed by atoms with Crippen LogP contribution in [0.3, 0.4) is 0 Å². The number of ether oxygens (including phenoxy) is 1. The Morgan fingerprint density at radius 3 is 1.66 bits per heavy atom. The lowest BCUT2D eigenvalue weighted by Crippen LogP contribution is -2.78. The van der Waals surface area contributed by atoms with Crippen molar-refractivity contribution in [1.29, 1.82) is 0 Å². The van der Waals surface area contributed by atoms with Crippen LogP contribution in [0.4, 0.5) is 0 Å². The van der Waals surface area contributed by atoms with Crippen molar-refractivity contribution in [3.63, 3.8) is 0 Å². The van der Waals surface area contributed by atoms with Gasteiger partial charge in [0.2, 0.25) is 11.8 Å². The Labute approximate surface area is 300 Å². The number of amides is 1. The Kier molecular flexibility index (Phi) is 22.3. The number of nitrogens with two attached hydrogens (primary N) is 3. The van der Waals surface area contributed by atoms with Crippen molar-refractivity contribution in [1.82, 2.24) is 4.90 Å². The van der Waals surface area contributed by atoms with E-state index in [0.29, 0.717) is 12.8 Å². The van der Waals surface area contributed by atoms with Gasteiger partial charge in [-0.1, -0.05) is 123 Å². The molecule has 0 aliphatic carbocycles. The molecule has 292 valence electrons. The second-order valence-electron chi connectivity index (χ2n) is 14.5. The molecule has 1 aliphatic rings. The molecule has 50 heavy (non-hydrogen) atoms. The minimum atomic E-state index is -2.46. The Morgan fingerprint density at radius 2 is 1.22 bits per heavy atom. The van der Waals surface area contributed by atoms with Crippen LogP contribution in [-0.4, -0.2) is 97.7 Å². The molecule has 0 bridgehead atoms. The van der Waals surface area contributed by atoms with Gasteiger partial charge in [0.1, 0.15) is 23.7 Å². The molecule has 7 atom stereocenters. The van der Waals surface area contributed by atoms with Crippen molar-refractivity contribution in [3.8, 4) is 0 Å². The molecule has 0 aromatic carbocycles. The lowest BCUT2D eigenvalue weighted by molar-refractivity contribution is -0.292. The van der Waals surface area contributed by atoms with Gasteiger partial charge in [0.25, 0.3) is 0 Å². The summed E-state index contributed by atoms with van der Waals surface area (Å²) in [5, 5.41) is 41.3. The summed E-state index contributed by atoms with van der Waals surface area (Å²) in [4.78, 5) is 53.7. The molecule has 0 aromatic rings. The highest BCUT2D eigenvalue weighted by Gasteiger charge is 2.62. The number of carbonyl (C=O) groups is 4. The van der Waals surface area contributed by atoms with E-state index >= 15 is 0 Å². The molecule has 0 spiro atoms. The molecule has 0 unspecified atom stereocenters. The second-order valence-corrected chi connectivity index (χ2v) is 14.5. The first-order chi connectivity index (χ1) is 23.7. The third kappa shape index (κ3) is 14.6. The van der Waals surface area contributed by atoms with Crippen molar-refractivity contribution >= 4 is 23.4 Å². The summed E-state index contributed by atoms with van der Waals surface area (Å²) in [5.74, 6) is -8.41. The number of aliphatic carboxylic acids is 1. The first-order valence-corrected chi connectivity index (χ1v) is 19.3. The molecule has 1 saturated heterocycles. The standard InChI is InChI=1S/C37H70N4O9/c1-4-6-8-10-12-14-16-18-20-22-24-41(29(43)23-21-19-17-15-13-11-9-7-5-2)37(40)31(33(47)32(46)28(26-42)50-37)35(49)36(3,39)34(48)27(38)25-30(44)45/h27-28,31-33,42,46-47H,4-26,38-40H2,1-3H3,(H,44,45)/t27-,28+,31-,32+,33+,36-,37-/m0/s1. The van der Waals surface area contributed by atoms with E-state index < -0.39 is 78.1 Å². The summed E-state index contributed by atoms with van der Waals surface area (Å²) in [5.41, 5.74) is 16.4. The number of carboxylic acid groups (broad SMARTS) is 1. The van der Waals surface area contributed by atoms with Gasteiger partial charge in [-0.15, -0.1) is 0 Å². The van der Waals surface area contributed by atoms with E-state index in [9.17, 15) is 34.5 Å². The van der Waals surface area contributed by atoms with Crippen LogP contribution in [0.2, 0.25) is 0 Å². The molecular weight excluding hydrogens is 644 g/mol. The lowest BCUT2D eigenvalue weighted by Gasteiger charge is -2.53. The van der Waals surface area contributed by atoms with E-state index in [1.54, 1.807) is 0 Å². The molecule has 1 aliphatic heterocycles. The van der Waals surface area contributed by atoms with Crippen molar-refractivity contribution in [3.05, 3.63) is 0 Å².